The van der Waals surface area contributed by atoms with Gasteiger partial charge < -0.3 is 39.0 Å². The number of likely N-dealkylation sites (tertiary alicyclic amines) is 1. The van der Waals surface area contributed by atoms with E-state index in [9.17, 15) is 29.1 Å². The average molecular weight is 636 g/mol. The van der Waals surface area contributed by atoms with E-state index in [-0.39, 0.29) is 75.6 Å². The van der Waals surface area contributed by atoms with E-state index in [0.717, 1.165) is 12.8 Å². The van der Waals surface area contributed by atoms with Crippen LogP contribution in [0.3, 0.4) is 0 Å². The molecule has 2 aromatic heterocycles. The van der Waals surface area contributed by atoms with Crippen LogP contribution >= 0.6 is 0 Å². The van der Waals surface area contributed by atoms with Gasteiger partial charge in [0, 0.05) is 50.6 Å². The molecular weight excluding hydrogens is 598 g/mol. The molecule has 2 aliphatic rings. The number of para-hydroxylation sites is 1. The number of ether oxygens (including phenoxy) is 2. The molecule has 14 nitrogen and oxygen atoms in total. The molecule has 5 rings (SSSR count). The van der Waals surface area contributed by atoms with Gasteiger partial charge in [0.15, 0.2) is 6.61 Å². The zero-order valence-electron chi connectivity index (χ0n) is 25.6. The molecule has 0 radical (unpaired) electrons. The Morgan fingerprint density at radius 3 is 2.52 bits per heavy atom. The number of fused-ring (bicyclic) bond motifs is 1. The normalized spacial score (nSPS) is 17.1. The zero-order valence-corrected chi connectivity index (χ0v) is 25.6. The maximum Gasteiger partial charge on any atom is 0.409 e. The van der Waals surface area contributed by atoms with E-state index in [1.807, 2.05) is 6.07 Å². The monoisotopic (exact) mass is 635 g/mol. The van der Waals surface area contributed by atoms with Crippen LogP contribution in [0.1, 0.15) is 54.9 Å². The number of carbonyl (C=O) groups excluding carboxylic acids is 4. The summed E-state index contributed by atoms with van der Waals surface area (Å²) < 4.78 is 16.5. The molecular formula is C32H37N5O9. The molecule has 0 spiro atoms. The van der Waals surface area contributed by atoms with Crippen molar-refractivity contribution in [1.82, 2.24) is 25.0 Å². The second-order valence-electron chi connectivity index (χ2n) is 11.0. The van der Waals surface area contributed by atoms with Crippen molar-refractivity contribution in [1.29, 1.82) is 0 Å². The highest BCUT2D eigenvalue weighted by Gasteiger charge is 2.33. The van der Waals surface area contributed by atoms with Gasteiger partial charge in [-0.3, -0.25) is 19.2 Å². The van der Waals surface area contributed by atoms with E-state index >= 15 is 0 Å². The highest BCUT2D eigenvalue weighted by Crippen LogP contribution is 2.32. The van der Waals surface area contributed by atoms with Gasteiger partial charge in [-0.25, -0.2) is 9.78 Å². The highest BCUT2D eigenvalue weighted by atomic mass is 16.6. The largest absolute Gasteiger partial charge is 0.483 e. The fraction of sp³-hybridized carbons (Fsp3) is 0.438. The number of nitrogens with one attached hydrogen (secondary N) is 1. The molecule has 3 aromatic rings. The number of nitrogens with zero attached hydrogens (tertiary/aromatic N) is 4. The molecule has 0 bridgehead atoms. The number of furan rings is 1. The van der Waals surface area contributed by atoms with Crippen LogP contribution in [0, 0.1) is 0 Å². The number of carboxylic acid groups (broad SMARTS) is 1. The Balaban J connectivity index is 1.29. The number of hydrogen-bond acceptors (Lipinski definition) is 9. The van der Waals surface area contributed by atoms with E-state index in [1.165, 1.54) is 15.9 Å². The summed E-state index contributed by atoms with van der Waals surface area (Å²) in [5.74, 6) is -1.52. The number of carbonyl (C=O) groups is 5. The highest BCUT2D eigenvalue weighted by molar-refractivity contribution is 5.99. The number of rotatable bonds is 11. The molecule has 1 aromatic carbocycles. The summed E-state index contributed by atoms with van der Waals surface area (Å²) in [4.78, 5) is 72.8. The fourth-order valence-electron chi connectivity index (χ4n) is 5.75. The smallest absolute Gasteiger partial charge is 0.409 e. The number of carboxylic acids is 1. The predicted molar refractivity (Wildman–Crippen MR) is 163 cm³/mol. The minimum Gasteiger partial charge on any atom is -0.483 e. The lowest BCUT2D eigenvalue weighted by atomic mass is 10.1. The SMILES string of the molecule is CCOC(=O)N1CCN(C(=O)C(CCC(=O)O)NC(=O)c2cc(OCC(=O)N3CCC[C@H]3c3ccco3)c3ccccc3n2)CC1. The number of benzene rings is 1. The molecule has 0 saturated carbocycles. The molecule has 2 atom stereocenters. The Hall–Kier alpha value is -5.14. The lowest BCUT2D eigenvalue weighted by molar-refractivity contribution is -0.138. The van der Waals surface area contributed by atoms with Gasteiger partial charge >= 0.3 is 12.1 Å². The standard InChI is InChI=1S/C32H37N5O9/c1-2-44-32(43)36-16-14-35(15-17-36)31(42)23(11-12-29(39)40)34-30(41)24-19-27(21-7-3-4-8-22(21)33-24)46-20-28(38)37-13-5-9-25(37)26-10-6-18-45-26/h3-4,6-8,10,18-19,23,25H,2,5,9,11-17,20H2,1H3,(H,34,41)(H,39,40)/t23?,25-/m0/s1. The molecule has 2 fully saturated rings. The van der Waals surface area contributed by atoms with Gasteiger partial charge in [0.1, 0.15) is 23.2 Å². The van der Waals surface area contributed by atoms with E-state index in [0.29, 0.717) is 23.2 Å². The van der Waals surface area contributed by atoms with Crippen molar-refractivity contribution in [2.45, 2.75) is 44.7 Å². The first-order valence-electron chi connectivity index (χ1n) is 15.3. The van der Waals surface area contributed by atoms with E-state index in [2.05, 4.69) is 10.3 Å². The van der Waals surface area contributed by atoms with Crippen LogP contribution in [-0.2, 0) is 19.1 Å². The third-order valence-corrected chi connectivity index (χ3v) is 8.07. The van der Waals surface area contributed by atoms with Crippen molar-refractivity contribution < 1.29 is 43.0 Å². The van der Waals surface area contributed by atoms with Crippen molar-refractivity contribution in [3.63, 3.8) is 0 Å². The van der Waals surface area contributed by atoms with Crippen LogP contribution in [0.4, 0.5) is 4.79 Å². The quantitative estimate of drug-likeness (QED) is 0.319. The van der Waals surface area contributed by atoms with Gasteiger partial charge in [-0.15, -0.1) is 0 Å². The number of aromatic nitrogens is 1. The second kappa shape index (κ2) is 14.8. The van der Waals surface area contributed by atoms with Gasteiger partial charge in [0.25, 0.3) is 11.8 Å². The summed E-state index contributed by atoms with van der Waals surface area (Å²) in [6.45, 7) is 3.14. The molecule has 2 aliphatic heterocycles. The van der Waals surface area contributed by atoms with E-state index in [4.69, 9.17) is 13.9 Å². The Kier molecular flexibility index (Phi) is 10.4. The average Bonchev–Trinajstić information content (AvgIpc) is 3.78. The molecule has 2 N–H and O–H groups in total. The Labute approximate surface area is 265 Å². The molecule has 0 aliphatic carbocycles. The Morgan fingerprint density at radius 2 is 1.80 bits per heavy atom. The molecule has 1 unspecified atom stereocenters. The minimum atomic E-state index is -1.15. The summed E-state index contributed by atoms with van der Waals surface area (Å²) in [5.41, 5.74) is 0.381. The Bertz CT molecular complexity index is 1570. The topological polar surface area (TPSA) is 172 Å². The first-order chi connectivity index (χ1) is 22.2. The molecule has 4 heterocycles. The number of pyridine rings is 1. The lowest BCUT2D eigenvalue weighted by Gasteiger charge is -2.35. The predicted octanol–water partition coefficient (Wildman–Crippen LogP) is 2.83. The van der Waals surface area contributed by atoms with Gasteiger partial charge in [0.05, 0.1) is 24.4 Å². The van der Waals surface area contributed by atoms with Gasteiger partial charge in [-0.1, -0.05) is 12.1 Å². The summed E-state index contributed by atoms with van der Waals surface area (Å²) in [7, 11) is 0. The maximum absolute atomic E-state index is 13.5. The molecule has 2 saturated heterocycles. The summed E-state index contributed by atoms with van der Waals surface area (Å²) in [6, 6.07) is 10.7. The van der Waals surface area contributed by atoms with Crippen LogP contribution in [0.5, 0.6) is 5.75 Å². The first-order valence-corrected chi connectivity index (χ1v) is 15.3. The molecule has 14 heteroatoms. The fourth-order valence-corrected chi connectivity index (χ4v) is 5.75. The first kappa shape index (κ1) is 32.3. The third-order valence-electron chi connectivity index (χ3n) is 8.07. The van der Waals surface area contributed by atoms with Crippen molar-refractivity contribution in [2.24, 2.45) is 0 Å². The van der Waals surface area contributed by atoms with Crippen molar-refractivity contribution in [2.75, 3.05) is 45.9 Å². The van der Waals surface area contributed by atoms with Gasteiger partial charge in [0.2, 0.25) is 5.91 Å². The van der Waals surface area contributed by atoms with Gasteiger partial charge in [-0.2, -0.15) is 0 Å². The Morgan fingerprint density at radius 1 is 1.04 bits per heavy atom. The van der Waals surface area contributed by atoms with Gasteiger partial charge in [-0.05, 0) is 50.5 Å². The van der Waals surface area contributed by atoms with Crippen LogP contribution in [0.2, 0.25) is 0 Å². The number of aliphatic carboxylic acids is 1. The lowest BCUT2D eigenvalue weighted by Crippen LogP contribution is -2.56. The van der Waals surface area contributed by atoms with Crippen molar-refractivity contribution in [3.05, 3.63) is 60.2 Å². The summed E-state index contributed by atoms with van der Waals surface area (Å²) in [6.07, 6.45) is 2.24. The molecule has 244 valence electrons. The van der Waals surface area contributed by atoms with E-state index in [1.54, 1.807) is 48.4 Å². The van der Waals surface area contributed by atoms with Crippen LogP contribution in [0.15, 0.2) is 53.1 Å². The minimum absolute atomic E-state index is 0.0592. The zero-order chi connectivity index (χ0) is 32.6. The maximum atomic E-state index is 13.5. The summed E-state index contributed by atoms with van der Waals surface area (Å²) >= 11 is 0. The second-order valence-corrected chi connectivity index (χ2v) is 11.0. The van der Waals surface area contributed by atoms with Crippen LogP contribution < -0.4 is 10.1 Å². The van der Waals surface area contributed by atoms with E-state index < -0.39 is 29.9 Å². The molecule has 4 amide bonds. The molecule has 46 heavy (non-hydrogen) atoms. The van der Waals surface area contributed by atoms with Crippen molar-refractivity contribution in [3.8, 4) is 5.75 Å². The number of amides is 4. The van der Waals surface area contributed by atoms with Crippen LogP contribution in [-0.4, -0.2) is 107 Å². The number of piperazine rings is 1. The third kappa shape index (κ3) is 7.56. The summed E-state index contributed by atoms with van der Waals surface area (Å²) in [5, 5.41) is 12.6. The van der Waals surface area contributed by atoms with Crippen LogP contribution in [0.25, 0.3) is 10.9 Å². The number of hydrogen-bond donors (Lipinski definition) is 2. The van der Waals surface area contributed by atoms with Crippen molar-refractivity contribution >= 4 is 40.7 Å².